The number of aliphatic carboxylic acids is 1. The Labute approximate surface area is 236 Å². The number of carbonyl (C=O) groups is 2. The van der Waals surface area contributed by atoms with Crippen LogP contribution in [-0.2, 0) is 24.3 Å². The topological polar surface area (TPSA) is 117 Å². The molecule has 10 nitrogen and oxygen atoms in total. The molecule has 40 heavy (non-hydrogen) atoms. The van der Waals surface area contributed by atoms with Gasteiger partial charge in [-0.15, -0.1) is 0 Å². The second-order valence-electron chi connectivity index (χ2n) is 10.3. The van der Waals surface area contributed by atoms with E-state index in [0.717, 1.165) is 28.6 Å². The predicted molar refractivity (Wildman–Crippen MR) is 151 cm³/mol. The fourth-order valence-corrected chi connectivity index (χ4v) is 6.64. The van der Waals surface area contributed by atoms with Crippen LogP contribution in [0.15, 0.2) is 47.4 Å². The summed E-state index contributed by atoms with van der Waals surface area (Å²) in [5.41, 5.74) is 2.49. The van der Waals surface area contributed by atoms with Crippen molar-refractivity contribution in [2.75, 3.05) is 63.9 Å². The molecule has 1 unspecified atom stereocenters. The van der Waals surface area contributed by atoms with E-state index in [1.54, 1.807) is 6.92 Å². The van der Waals surface area contributed by atoms with Gasteiger partial charge < -0.3 is 19.5 Å². The zero-order valence-electron chi connectivity index (χ0n) is 23.3. The monoisotopic (exact) mass is 573 g/mol. The zero-order chi connectivity index (χ0) is 28.7. The SMILES string of the molecule is CCC(C(=O)Oc1ccc(S(=O)(=O)N(CCN2CCOCC2)CC(=O)O)cc1C)c1ccc(N2CCCC2)cc1. The Balaban J connectivity index is 1.45. The Bertz CT molecular complexity index is 1270. The summed E-state index contributed by atoms with van der Waals surface area (Å²) in [7, 11) is -4.09. The normalized spacial score (nSPS) is 17.2. The highest BCUT2D eigenvalue weighted by Crippen LogP contribution is 2.29. The van der Waals surface area contributed by atoms with Gasteiger partial charge in [-0.1, -0.05) is 19.1 Å². The molecule has 1 atom stereocenters. The van der Waals surface area contributed by atoms with Crippen molar-refractivity contribution in [2.45, 2.75) is 43.9 Å². The summed E-state index contributed by atoms with van der Waals surface area (Å²) in [5.74, 6) is -1.82. The second kappa shape index (κ2) is 13.6. The van der Waals surface area contributed by atoms with Crippen LogP contribution in [0.5, 0.6) is 5.75 Å². The number of carboxylic acid groups (broad SMARTS) is 1. The maximum atomic E-state index is 13.4. The third kappa shape index (κ3) is 7.39. The number of hydrogen-bond donors (Lipinski definition) is 1. The number of carboxylic acids is 1. The van der Waals surface area contributed by atoms with Crippen LogP contribution in [0, 0.1) is 6.92 Å². The molecule has 2 aromatic carbocycles. The van der Waals surface area contributed by atoms with Gasteiger partial charge in [0, 0.05) is 45.0 Å². The number of rotatable bonds is 12. The molecule has 0 amide bonds. The second-order valence-corrected chi connectivity index (χ2v) is 12.2. The average Bonchev–Trinajstić information content (AvgIpc) is 3.48. The van der Waals surface area contributed by atoms with Gasteiger partial charge in [-0.25, -0.2) is 8.42 Å². The van der Waals surface area contributed by atoms with Crippen LogP contribution in [0.4, 0.5) is 5.69 Å². The first-order chi connectivity index (χ1) is 19.2. The van der Waals surface area contributed by atoms with Gasteiger partial charge in [0.25, 0.3) is 0 Å². The van der Waals surface area contributed by atoms with Gasteiger partial charge >= 0.3 is 11.9 Å². The zero-order valence-corrected chi connectivity index (χ0v) is 24.1. The minimum Gasteiger partial charge on any atom is -0.480 e. The maximum absolute atomic E-state index is 13.4. The summed E-state index contributed by atoms with van der Waals surface area (Å²) >= 11 is 0. The van der Waals surface area contributed by atoms with E-state index < -0.39 is 34.4 Å². The molecule has 0 radical (unpaired) electrons. The van der Waals surface area contributed by atoms with Crippen LogP contribution >= 0.6 is 0 Å². The first-order valence-electron chi connectivity index (χ1n) is 13.9. The van der Waals surface area contributed by atoms with E-state index in [2.05, 4.69) is 4.90 Å². The molecular formula is C29H39N3O7S. The van der Waals surface area contributed by atoms with Crippen LogP contribution in [0.1, 0.15) is 43.2 Å². The lowest BCUT2D eigenvalue weighted by Gasteiger charge is -2.29. The molecular weight excluding hydrogens is 534 g/mol. The Morgan fingerprint density at radius 3 is 2.33 bits per heavy atom. The molecule has 0 saturated carbocycles. The summed E-state index contributed by atoms with van der Waals surface area (Å²) in [6.45, 7) is 7.96. The molecule has 4 rings (SSSR count). The number of anilines is 1. The molecule has 1 N–H and O–H groups in total. The van der Waals surface area contributed by atoms with E-state index in [-0.39, 0.29) is 17.2 Å². The summed E-state index contributed by atoms with van der Waals surface area (Å²) in [6.07, 6.45) is 2.94. The van der Waals surface area contributed by atoms with Crippen molar-refractivity contribution >= 4 is 27.6 Å². The third-order valence-corrected chi connectivity index (χ3v) is 9.38. The molecule has 11 heteroatoms. The molecule has 2 saturated heterocycles. The Morgan fingerprint density at radius 1 is 1.05 bits per heavy atom. The van der Waals surface area contributed by atoms with Gasteiger partial charge in [-0.2, -0.15) is 4.31 Å². The number of esters is 1. The van der Waals surface area contributed by atoms with Crippen LogP contribution in [0.2, 0.25) is 0 Å². The number of aryl methyl sites for hydroxylation is 1. The molecule has 0 aromatic heterocycles. The van der Waals surface area contributed by atoms with Gasteiger partial charge in [0.2, 0.25) is 10.0 Å². The molecule has 2 aromatic rings. The van der Waals surface area contributed by atoms with E-state index in [0.29, 0.717) is 44.8 Å². The number of nitrogens with zero attached hydrogens (tertiary/aromatic N) is 3. The first kappa shape index (κ1) is 30.0. The van der Waals surface area contributed by atoms with Crippen molar-refractivity contribution in [1.82, 2.24) is 9.21 Å². The van der Waals surface area contributed by atoms with E-state index in [9.17, 15) is 23.1 Å². The van der Waals surface area contributed by atoms with Crippen molar-refractivity contribution < 1.29 is 32.6 Å². The molecule has 0 spiro atoms. The van der Waals surface area contributed by atoms with Gasteiger partial charge in [0.15, 0.2) is 0 Å². The number of ether oxygens (including phenoxy) is 2. The molecule has 0 bridgehead atoms. The number of carbonyl (C=O) groups excluding carboxylic acids is 1. The van der Waals surface area contributed by atoms with Crippen LogP contribution in [0.25, 0.3) is 0 Å². The van der Waals surface area contributed by atoms with E-state index in [4.69, 9.17) is 9.47 Å². The third-order valence-electron chi connectivity index (χ3n) is 7.54. The summed E-state index contributed by atoms with van der Waals surface area (Å²) < 4.78 is 38.8. The number of morpholine rings is 1. The van der Waals surface area contributed by atoms with Crippen molar-refractivity contribution in [3.8, 4) is 5.75 Å². The largest absolute Gasteiger partial charge is 0.480 e. The highest BCUT2D eigenvalue weighted by atomic mass is 32.2. The highest BCUT2D eigenvalue weighted by Gasteiger charge is 2.29. The fourth-order valence-electron chi connectivity index (χ4n) is 5.17. The number of sulfonamides is 1. The van der Waals surface area contributed by atoms with Crippen molar-refractivity contribution in [3.63, 3.8) is 0 Å². The van der Waals surface area contributed by atoms with Crippen molar-refractivity contribution in [1.29, 1.82) is 0 Å². The molecule has 0 aliphatic carbocycles. The van der Waals surface area contributed by atoms with Gasteiger partial charge in [0.1, 0.15) is 12.3 Å². The van der Waals surface area contributed by atoms with E-state index in [1.807, 2.05) is 36.1 Å². The molecule has 2 aliphatic rings. The van der Waals surface area contributed by atoms with Gasteiger partial charge in [-0.3, -0.25) is 14.5 Å². The minimum absolute atomic E-state index is 0.0408. The molecule has 2 aliphatic heterocycles. The Hall–Kier alpha value is -2.99. The lowest BCUT2D eigenvalue weighted by molar-refractivity contribution is -0.137. The lowest BCUT2D eigenvalue weighted by atomic mass is 9.96. The highest BCUT2D eigenvalue weighted by molar-refractivity contribution is 7.89. The standard InChI is InChI=1S/C29H39N3O7S/c1-3-26(23-6-8-24(9-7-23)31-12-4-5-13-31)29(35)39-27-11-10-25(20-22(27)2)40(36,37)32(21-28(33)34)15-14-30-16-18-38-19-17-30/h6-11,20,26H,3-5,12-19,21H2,1-2H3,(H,33,34). The molecule has 2 heterocycles. The van der Waals surface area contributed by atoms with Gasteiger partial charge in [0.05, 0.1) is 24.0 Å². The minimum atomic E-state index is -4.09. The van der Waals surface area contributed by atoms with Crippen molar-refractivity contribution in [2.24, 2.45) is 0 Å². The van der Waals surface area contributed by atoms with Crippen LogP contribution in [-0.4, -0.2) is 93.7 Å². The molecule has 2 fully saturated rings. The van der Waals surface area contributed by atoms with Crippen LogP contribution < -0.4 is 9.64 Å². The maximum Gasteiger partial charge on any atom is 0.318 e. The Kier molecular flexibility index (Phi) is 10.2. The number of benzene rings is 2. The first-order valence-corrected chi connectivity index (χ1v) is 15.3. The summed E-state index contributed by atoms with van der Waals surface area (Å²) in [4.78, 5) is 29.0. The lowest BCUT2D eigenvalue weighted by Crippen LogP contribution is -2.44. The van der Waals surface area contributed by atoms with Gasteiger partial charge in [-0.05, 0) is 67.6 Å². The van der Waals surface area contributed by atoms with E-state index >= 15 is 0 Å². The summed E-state index contributed by atoms with van der Waals surface area (Å²) in [6, 6.07) is 12.3. The van der Waals surface area contributed by atoms with Crippen molar-refractivity contribution in [3.05, 3.63) is 53.6 Å². The smallest absolute Gasteiger partial charge is 0.318 e. The Morgan fingerprint density at radius 2 is 1.73 bits per heavy atom. The van der Waals surface area contributed by atoms with E-state index in [1.165, 1.54) is 31.0 Å². The summed E-state index contributed by atoms with van der Waals surface area (Å²) in [5, 5.41) is 9.37. The molecule has 218 valence electrons. The average molecular weight is 574 g/mol. The predicted octanol–water partition coefficient (Wildman–Crippen LogP) is 3.10. The van der Waals surface area contributed by atoms with Crippen LogP contribution in [0.3, 0.4) is 0 Å². The number of hydrogen-bond acceptors (Lipinski definition) is 8. The quantitative estimate of drug-likeness (QED) is 0.302. The fraction of sp³-hybridized carbons (Fsp3) is 0.517.